The predicted molar refractivity (Wildman–Crippen MR) is 112 cm³/mol. The van der Waals surface area contributed by atoms with Crippen molar-refractivity contribution in [2.45, 2.75) is 32.4 Å². The summed E-state index contributed by atoms with van der Waals surface area (Å²) in [5, 5.41) is 7.02. The second kappa shape index (κ2) is 10.1. The predicted octanol–water partition coefficient (Wildman–Crippen LogP) is 1.92. The van der Waals surface area contributed by atoms with Crippen LogP contribution >= 0.6 is 11.3 Å². The van der Waals surface area contributed by atoms with Crippen molar-refractivity contribution in [3.05, 3.63) is 47.9 Å². The number of hydrogen-bond acceptors (Lipinski definition) is 8. The number of amides is 2. The van der Waals surface area contributed by atoms with Crippen LogP contribution < -0.4 is 10.6 Å². The molecule has 1 atom stereocenters. The molecule has 9 nitrogen and oxygen atoms in total. The van der Waals surface area contributed by atoms with Crippen molar-refractivity contribution in [2.75, 3.05) is 13.7 Å². The number of esters is 1. The Balaban J connectivity index is 1.98. The molecule has 0 aromatic carbocycles. The number of aromatic nitrogens is 2. The van der Waals surface area contributed by atoms with E-state index in [1.807, 2.05) is 26.8 Å². The summed E-state index contributed by atoms with van der Waals surface area (Å²) in [6.45, 7) is 8.91. The number of thiazole rings is 1. The number of nitrogens with one attached hydrogen (secondary N) is 2. The zero-order chi connectivity index (χ0) is 22.3. The van der Waals surface area contributed by atoms with Gasteiger partial charge in [-0.25, -0.2) is 9.78 Å². The summed E-state index contributed by atoms with van der Waals surface area (Å²) >= 11 is 1.27. The molecular weight excluding hydrogens is 408 g/mol. The largest absolute Gasteiger partial charge is 0.467 e. The van der Waals surface area contributed by atoms with E-state index in [-0.39, 0.29) is 18.0 Å². The minimum atomic E-state index is -1.05. The highest BCUT2D eigenvalue weighted by molar-refractivity contribution is 7.13. The van der Waals surface area contributed by atoms with Gasteiger partial charge in [0, 0.05) is 23.3 Å². The highest BCUT2D eigenvalue weighted by atomic mass is 32.1. The number of hydrogen-bond donors (Lipinski definition) is 2. The van der Waals surface area contributed by atoms with Crippen molar-refractivity contribution in [1.82, 2.24) is 20.6 Å². The molecule has 30 heavy (non-hydrogen) atoms. The van der Waals surface area contributed by atoms with E-state index in [4.69, 9.17) is 4.74 Å². The van der Waals surface area contributed by atoms with E-state index in [1.165, 1.54) is 18.4 Å². The van der Waals surface area contributed by atoms with Crippen molar-refractivity contribution in [2.24, 2.45) is 0 Å². The molecule has 0 bridgehead atoms. The molecule has 160 valence electrons. The third kappa shape index (κ3) is 6.75. The molecule has 2 amide bonds. The summed E-state index contributed by atoms with van der Waals surface area (Å²) in [4.78, 5) is 45.0. The van der Waals surface area contributed by atoms with Crippen molar-refractivity contribution in [3.63, 3.8) is 0 Å². The smallest absolute Gasteiger partial charge is 0.330 e. The first-order valence-corrected chi connectivity index (χ1v) is 9.87. The maximum absolute atomic E-state index is 12.4. The molecule has 0 unspecified atom stereocenters. The first-order chi connectivity index (χ1) is 14.1. The molecule has 0 saturated carbocycles. The van der Waals surface area contributed by atoms with Gasteiger partial charge >= 0.3 is 5.97 Å². The molecule has 0 aliphatic rings. The Bertz CT molecular complexity index is 921. The maximum Gasteiger partial charge on any atom is 0.330 e. The van der Waals surface area contributed by atoms with Gasteiger partial charge in [0.15, 0.2) is 6.04 Å². The van der Waals surface area contributed by atoms with Crippen molar-refractivity contribution < 1.29 is 23.9 Å². The van der Waals surface area contributed by atoms with Gasteiger partial charge in [-0.3, -0.25) is 14.6 Å². The number of nitrogens with zero attached hydrogens (tertiary/aromatic N) is 2. The fourth-order valence-electron chi connectivity index (χ4n) is 2.15. The van der Waals surface area contributed by atoms with E-state index in [2.05, 4.69) is 31.9 Å². The number of carbonyl (C=O) groups is 3. The Morgan fingerprint density at radius 1 is 1.30 bits per heavy atom. The molecule has 2 aromatic rings. The van der Waals surface area contributed by atoms with E-state index >= 15 is 0 Å². The third-order valence-corrected chi connectivity index (χ3v) is 4.55. The van der Waals surface area contributed by atoms with Crippen LogP contribution in [0.3, 0.4) is 0 Å². The van der Waals surface area contributed by atoms with E-state index in [0.29, 0.717) is 5.01 Å². The third-order valence-electron chi connectivity index (χ3n) is 3.66. The zero-order valence-electron chi connectivity index (χ0n) is 17.2. The molecule has 0 aliphatic carbocycles. The van der Waals surface area contributed by atoms with Crippen LogP contribution in [0.1, 0.15) is 31.3 Å². The van der Waals surface area contributed by atoms with Gasteiger partial charge < -0.3 is 20.1 Å². The summed E-state index contributed by atoms with van der Waals surface area (Å²) < 4.78 is 10.2. The lowest BCUT2D eigenvalue weighted by atomic mass is 10.2. The van der Waals surface area contributed by atoms with Gasteiger partial charge in [0.2, 0.25) is 0 Å². The van der Waals surface area contributed by atoms with Gasteiger partial charge in [0.1, 0.15) is 10.7 Å². The minimum absolute atomic E-state index is 0.0936. The molecule has 0 aliphatic heterocycles. The second-order valence-electron chi connectivity index (χ2n) is 7.18. The molecule has 2 heterocycles. The molecule has 0 spiro atoms. The fraction of sp³-hybridized carbons (Fsp3) is 0.350. The van der Waals surface area contributed by atoms with Crippen molar-refractivity contribution >= 4 is 29.1 Å². The molecule has 2 rings (SSSR count). The maximum atomic E-state index is 12.4. The molecule has 2 N–H and O–H groups in total. The van der Waals surface area contributed by atoms with Crippen LogP contribution in [-0.4, -0.2) is 53.1 Å². The topological polar surface area (TPSA) is 120 Å². The normalized spacial score (nSPS) is 12.0. The Kier molecular flexibility index (Phi) is 7.79. The molecule has 2 aromatic heterocycles. The highest BCUT2D eigenvalue weighted by Gasteiger charge is 2.26. The molecule has 0 saturated heterocycles. The standard InChI is InChI=1S/C20H24N4O5S/c1-12(16(25)23-14(19(27)28-5)10-29-20(2,3)4)22-17(26)15-11-30-18(24-15)13-7-6-8-21-9-13/h6-9,11,14H,1,10H2,2-5H3,(H,22,26)(H,23,25)/t14-/m0/s1. The SMILES string of the molecule is C=C(NC(=O)c1csc(-c2cccnc2)n1)C(=O)N[C@@H](COC(C)(C)C)C(=O)OC. The van der Waals surface area contributed by atoms with E-state index in [1.54, 1.807) is 23.8 Å². The van der Waals surface area contributed by atoms with Gasteiger partial charge in [0.25, 0.3) is 11.8 Å². The van der Waals surface area contributed by atoms with Gasteiger partial charge in [-0.05, 0) is 32.9 Å². The lowest BCUT2D eigenvalue weighted by Gasteiger charge is -2.24. The lowest BCUT2D eigenvalue weighted by molar-refractivity contribution is -0.148. The number of methoxy groups -OCH3 is 1. The van der Waals surface area contributed by atoms with E-state index < -0.39 is 29.4 Å². The first-order valence-electron chi connectivity index (χ1n) is 8.99. The average molecular weight is 433 g/mol. The number of ether oxygens (including phenoxy) is 2. The Hall–Kier alpha value is -3.11. The van der Waals surface area contributed by atoms with Crippen molar-refractivity contribution in [3.8, 4) is 10.6 Å². The van der Waals surface area contributed by atoms with Gasteiger partial charge in [0.05, 0.1) is 25.0 Å². The summed E-state index contributed by atoms with van der Waals surface area (Å²) in [5.41, 5.74) is 0.158. The van der Waals surface area contributed by atoms with Crippen LogP contribution in [0, 0.1) is 0 Å². The molecular formula is C20H24N4O5S. The highest BCUT2D eigenvalue weighted by Crippen LogP contribution is 2.22. The Morgan fingerprint density at radius 2 is 2.03 bits per heavy atom. The first kappa shape index (κ1) is 23.2. The van der Waals surface area contributed by atoms with Crippen LogP contribution in [-0.2, 0) is 19.1 Å². The van der Waals surface area contributed by atoms with Crippen LogP contribution in [0.4, 0.5) is 0 Å². The van der Waals surface area contributed by atoms with Gasteiger partial charge in [-0.2, -0.15) is 0 Å². The Labute approximate surface area is 178 Å². The quantitative estimate of drug-likeness (QED) is 0.483. The van der Waals surface area contributed by atoms with Crippen molar-refractivity contribution in [1.29, 1.82) is 0 Å². The summed E-state index contributed by atoms with van der Waals surface area (Å²) in [6, 6.07) is 2.54. The molecule has 10 heteroatoms. The summed E-state index contributed by atoms with van der Waals surface area (Å²) in [7, 11) is 1.21. The zero-order valence-corrected chi connectivity index (χ0v) is 18.0. The fourth-order valence-corrected chi connectivity index (χ4v) is 2.94. The monoisotopic (exact) mass is 432 g/mol. The van der Waals surface area contributed by atoms with E-state index in [9.17, 15) is 14.4 Å². The lowest BCUT2D eigenvalue weighted by Crippen LogP contribution is -2.48. The van der Waals surface area contributed by atoms with Crippen LogP contribution in [0.2, 0.25) is 0 Å². The van der Waals surface area contributed by atoms with E-state index in [0.717, 1.165) is 5.56 Å². The summed E-state index contributed by atoms with van der Waals surface area (Å²) in [5.74, 6) is -2.01. The average Bonchev–Trinajstić information content (AvgIpc) is 3.20. The Morgan fingerprint density at radius 3 is 2.63 bits per heavy atom. The van der Waals surface area contributed by atoms with Crippen LogP contribution in [0.5, 0.6) is 0 Å². The second-order valence-corrected chi connectivity index (χ2v) is 8.04. The van der Waals surface area contributed by atoms with Gasteiger partial charge in [-0.15, -0.1) is 11.3 Å². The van der Waals surface area contributed by atoms with Crippen LogP contribution in [0.25, 0.3) is 10.6 Å². The molecule has 0 radical (unpaired) electrons. The summed E-state index contributed by atoms with van der Waals surface area (Å²) in [6.07, 6.45) is 3.28. The minimum Gasteiger partial charge on any atom is -0.467 e. The number of carbonyl (C=O) groups excluding carboxylic acids is 3. The number of pyridine rings is 1. The number of rotatable bonds is 8. The van der Waals surface area contributed by atoms with Gasteiger partial charge in [-0.1, -0.05) is 6.58 Å². The van der Waals surface area contributed by atoms with Crippen LogP contribution in [0.15, 0.2) is 42.2 Å². The molecule has 0 fully saturated rings.